The van der Waals surface area contributed by atoms with Crippen molar-refractivity contribution >= 4 is 0 Å². The van der Waals surface area contributed by atoms with Crippen LogP contribution < -0.4 is 0 Å². The van der Waals surface area contributed by atoms with Gasteiger partial charge in [-0.1, -0.05) is 103 Å². The van der Waals surface area contributed by atoms with Crippen LogP contribution in [0.15, 0.2) is 128 Å². The van der Waals surface area contributed by atoms with E-state index in [9.17, 15) is 0 Å². The summed E-state index contributed by atoms with van der Waals surface area (Å²) >= 11 is 0. The number of rotatable bonds is 6. The van der Waals surface area contributed by atoms with E-state index in [1.54, 1.807) is 0 Å². The summed E-state index contributed by atoms with van der Waals surface area (Å²) in [6.45, 7) is 0. The second-order valence-electron chi connectivity index (χ2n) is 8.01. The Morgan fingerprint density at radius 2 is 1.15 bits per heavy atom. The number of hydrogen-bond acceptors (Lipinski definition) is 2. The van der Waals surface area contributed by atoms with E-state index in [0.29, 0.717) is 12.0 Å². The van der Waals surface area contributed by atoms with Crippen LogP contribution in [0.2, 0.25) is 0 Å². The van der Waals surface area contributed by atoms with Gasteiger partial charge < -0.3 is 4.57 Å². The van der Waals surface area contributed by atoms with Crippen LogP contribution in [0, 0.1) is 11.3 Å². The Morgan fingerprint density at radius 1 is 0.667 bits per heavy atom. The molecule has 0 radical (unpaired) electrons. The lowest BCUT2D eigenvalue weighted by Crippen LogP contribution is -2.38. The first-order valence-corrected chi connectivity index (χ1v) is 11.0. The Labute approximate surface area is 194 Å². The molecule has 0 saturated heterocycles. The third kappa shape index (κ3) is 3.73. The van der Waals surface area contributed by atoms with E-state index in [2.05, 4.69) is 108 Å². The van der Waals surface area contributed by atoms with Crippen molar-refractivity contribution < 1.29 is 0 Å². The Morgan fingerprint density at radius 3 is 1.61 bits per heavy atom. The lowest BCUT2D eigenvalue weighted by Gasteiger charge is -2.38. The molecule has 1 heterocycles. The van der Waals surface area contributed by atoms with Crippen molar-refractivity contribution in [1.82, 2.24) is 9.55 Å². The first kappa shape index (κ1) is 20.5. The minimum atomic E-state index is -0.581. The molecule has 3 nitrogen and oxygen atoms in total. The SMILES string of the molecule is N#Cc1ccc(Cc2nccn2C(c2ccccc2)(c2ccccc2)c2ccccc2)cc1. The fraction of sp³-hybridized carbons (Fsp3) is 0.0667. The minimum Gasteiger partial charge on any atom is -0.316 e. The summed E-state index contributed by atoms with van der Waals surface area (Å²) in [6.07, 6.45) is 4.61. The second kappa shape index (κ2) is 8.98. The van der Waals surface area contributed by atoms with Gasteiger partial charge in [0.1, 0.15) is 11.4 Å². The molecule has 5 aromatic rings. The molecule has 0 spiro atoms. The third-order valence-electron chi connectivity index (χ3n) is 6.10. The van der Waals surface area contributed by atoms with Gasteiger partial charge in [-0.2, -0.15) is 5.26 Å². The maximum Gasteiger partial charge on any atom is 0.121 e. The Bertz CT molecular complexity index is 1270. The van der Waals surface area contributed by atoms with E-state index in [-0.39, 0.29) is 0 Å². The Hall–Kier alpha value is -4.42. The molecule has 0 amide bonds. The van der Waals surface area contributed by atoms with Crippen molar-refractivity contribution in [1.29, 1.82) is 5.26 Å². The normalized spacial score (nSPS) is 11.1. The summed E-state index contributed by atoms with van der Waals surface area (Å²) in [4.78, 5) is 4.79. The molecule has 0 fully saturated rings. The highest BCUT2D eigenvalue weighted by atomic mass is 15.1. The van der Waals surface area contributed by atoms with E-state index in [1.165, 1.54) is 16.7 Å². The Kier molecular flexibility index (Phi) is 5.57. The highest BCUT2D eigenvalue weighted by Crippen LogP contribution is 2.41. The van der Waals surface area contributed by atoms with Crippen molar-refractivity contribution in [2.24, 2.45) is 0 Å². The molecule has 33 heavy (non-hydrogen) atoms. The van der Waals surface area contributed by atoms with E-state index >= 15 is 0 Å². The second-order valence-corrected chi connectivity index (χ2v) is 8.01. The van der Waals surface area contributed by atoms with Crippen LogP contribution in [0.5, 0.6) is 0 Å². The van der Waals surface area contributed by atoms with Gasteiger partial charge in [0.05, 0.1) is 11.6 Å². The molecule has 0 aliphatic carbocycles. The quantitative estimate of drug-likeness (QED) is 0.305. The molecule has 1 aromatic heterocycles. The van der Waals surface area contributed by atoms with Crippen molar-refractivity contribution in [2.45, 2.75) is 12.0 Å². The minimum absolute atomic E-state index is 0.581. The maximum atomic E-state index is 9.15. The van der Waals surface area contributed by atoms with Gasteiger partial charge in [-0.05, 0) is 34.4 Å². The van der Waals surface area contributed by atoms with Crippen LogP contribution in [0.4, 0.5) is 0 Å². The zero-order valence-electron chi connectivity index (χ0n) is 18.2. The maximum absolute atomic E-state index is 9.15. The standard InChI is InChI=1S/C30H23N3/c31-23-25-18-16-24(17-19-25)22-29-32-20-21-33(29)30(26-10-4-1-5-11-26,27-12-6-2-7-13-27)28-14-8-3-9-15-28/h1-21H,22H2. The smallest absolute Gasteiger partial charge is 0.121 e. The van der Waals surface area contributed by atoms with Crippen molar-refractivity contribution in [3.8, 4) is 6.07 Å². The number of imidazole rings is 1. The van der Waals surface area contributed by atoms with Gasteiger partial charge in [0.15, 0.2) is 0 Å². The number of hydrogen-bond donors (Lipinski definition) is 0. The molecule has 5 rings (SSSR count). The average molecular weight is 426 g/mol. The van der Waals surface area contributed by atoms with Crippen LogP contribution in [-0.2, 0) is 12.0 Å². The molecule has 0 N–H and O–H groups in total. The van der Waals surface area contributed by atoms with Crippen molar-refractivity contribution in [3.63, 3.8) is 0 Å². The van der Waals surface area contributed by atoms with Crippen molar-refractivity contribution in [3.05, 3.63) is 161 Å². The Balaban J connectivity index is 1.76. The fourth-order valence-corrected chi connectivity index (χ4v) is 4.61. The molecule has 158 valence electrons. The van der Waals surface area contributed by atoms with Crippen LogP contribution in [0.1, 0.15) is 33.6 Å². The summed E-state index contributed by atoms with van der Waals surface area (Å²) in [6, 6.07) is 41.7. The molecule has 0 bridgehead atoms. The van der Waals surface area contributed by atoms with E-state index in [1.807, 2.05) is 30.5 Å². The topological polar surface area (TPSA) is 41.6 Å². The molecule has 0 unspecified atom stereocenters. The summed E-state index contributed by atoms with van der Waals surface area (Å²) in [5, 5.41) is 9.15. The lowest BCUT2D eigenvalue weighted by molar-refractivity contribution is 0.496. The molecular weight excluding hydrogens is 402 g/mol. The number of benzene rings is 4. The fourth-order valence-electron chi connectivity index (χ4n) is 4.61. The van der Waals surface area contributed by atoms with Crippen LogP contribution >= 0.6 is 0 Å². The number of nitriles is 1. The largest absolute Gasteiger partial charge is 0.316 e. The number of aromatic nitrogens is 2. The third-order valence-corrected chi connectivity index (χ3v) is 6.10. The molecule has 3 heteroatoms. The lowest BCUT2D eigenvalue weighted by atomic mass is 9.76. The average Bonchev–Trinajstić information content (AvgIpc) is 3.35. The monoisotopic (exact) mass is 425 g/mol. The van der Waals surface area contributed by atoms with E-state index < -0.39 is 5.54 Å². The molecule has 0 atom stereocenters. The first-order chi connectivity index (χ1) is 16.3. The highest BCUT2D eigenvalue weighted by molar-refractivity contribution is 5.51. The van der Waals surface area contributed by atoms with Crippen LogP contribution in [0.25, 0.3) is 0 Å². The molecule has 4 aromatic carbocycles. The zero-order valence-corrected chi connectivity index (χ0v) is 18.2. The van der Waals surface area contributed by atoms with Gasteiger partial charge in [-0.15, -0.1) is 0 Å². The van der Waals surface area contributed by atoms with Gasteiger partial charge in [0, 0.05) is 18.8 Å². The predicted octanol–water partition coefficient (Wildman–Crippen LogP) is 6.19. The molecule has 0 saturated carbocycles. The predicted molar refractivity (Wildman–Crippen MR) is 131 cm³/mol. The van der Waals surface area contributed by atoms with Crippen LogP contribution in [0.3, 0.4) is 0 Å². The zero-order chi connectivity index (χ0) is 22.5. The number of nitrogens with zero attached hydrogens (tertiary/aromatic N) is 3. The van der Waals surface area contributed by atoms with E-state index in [4.69, 9.17) is 10.2 Å². The van der Waals surface area contributed by atoms with Crippen molar-refractivity contribution in [2.75, 3.05) is 0 Å². The van der Waals surface area contributed by atoms with Gasteiger partial charge in [-0.3, -0.25) is 0 Å². The first-order valence-electron chi connectivity index (χ1n) is 11.0. The molecular formula is C30H23N3. The summed E-state index contributed by atoms with van der Waals surface area (Å²) < 4.78 is 2.30. The highest BCUT2D eigenvalue weighted by Gasteiger charge is 2.39. The van der Waals surface area contributed by atoms with Crippen LogP contribution in [-0.4, -0.2) is 9.55 Å². The van der Waals surface area contributed by atoms with E-state index in [0.717, 1.165) is 11.4 Å². The van der Waals surface area contributed by atoms with Gasteiger partial charge in [0.25, 0.3) is 0 Å². The van der Waals surface area contributed by atoms with Gasteiger partial charge >= 0.3 is 0 Å². The molecule has 0 aliphatic heterocycles. The summed E-state index contributed by atoms with van der Waals surface area (Å²) in [7, 11) is 0. The van der Waals surface area contributed by atoms with Gasteiger partial charge in [-0.25, -0.2) is 4.98 Å². The van der Waals surface area contributed by atoms with Gasteiger partial charge in [0.2, 0.25) is 0 Å². The summed E-state index contributed by atoms with van der Waals surface area (Å²) in [5.74, 6) is 0.955. The summed E-state index contributed by atoms with van der Waals surface area (Å²) in [5.41, 5.74) is 4.70. The molecule has 0 aliphatic rings.